The van der Waals surface area contributed by atoms with Crippen LogP contribution >= 0.6 is 0 Å². The maximum Gasteiger partial charge on any atom is 0.169 e. The Bertz CT molecular complexity index is 446. The fraction of sp³-hybridized carbons (Fsp3) is 0.200. The van der Waals surface area contributed by atoms with E-state index < -0.39 is 0 Å². The van der Waals surface area contributed by atoms with Crippen LogP contribution in [0.2, 0.25) is 13.6 Å². The molecular formula is C15H17B. The van der Waals surface area contributed by atoms with Gasteiger partial charge in [0.25, 0.3) is 0 Å². The highest BCUT2D eigenvalue weighted by Crippen LogP contribution is 2.08. The van der Waals surface area contributed by atoms with Crippen LogP contribution in [0.5, 0.6) is 0 Å². The Morgan fingerprint density at radius 1 is 0.812 bits per heavy atom. The molecule has 2 aromatic carbocycles. The van der Waals surface area contributed by atoms with E-state index in [2.05, 4.69) is 68.2 Å². The molecule has 1 heteroatoms. The second-order valence-electron chi connectivity index (χ2n) is 4.52. The normalized spacial score (nSPS) is 10.1. The summed E-state index contributed by atoms with van der Waals surface area (Å²) in [6.45, 7) is 5.10. The van der Waals surface area contributed by atoms with Crippen molar-refractivity contribution in [1.82, 2.24) is 0 Å². The number of hydrogen-bond donors (Lipinski definition) is 0. The molecule has 0 N–H and O–H groups in total. The van der Waals surface area contributed by atoms with Crippen LogP contribution in [0.25, 0.3) is 0 Å². The SMILES string of the molecule is CB(C)c1ccccc1Cc1ccccc1. The zero-order chi connectivity index (χ0) is 11.4. The average Bonchev–Trinajstić information content (AvgIpc) is 2.31. The smallest absolute Gasteiger partial charge is 0.0819 e. The van der Waals surface area contributed by atoms with E-state index in [0.717, 1.165) is 6.42 Å². The Balaban J connectivity index is 2.28. The summed E-state index contributed by atoms with van der Waals surface area (Å²) in [4.78, 5) is 0. The summed E-state index contributed by atoms with van der Waals surface area (Å²) >= 11 is 0. The van der Waals surface area contributed by atoms with Gasteiger partial charge in [-0.3, -0.25) is 0 Å². The van der Waals surface area contributed by atoms with Crippen LogP contribution in [0.4, 0.5) is 0 Å². The van der Waals surface area contributed by atoms with E-state index in [-0.39, 0.29) is 0 Å². The van der Waals surface area contributed by atoms with Gasteiger partial charge < -0.3 is 0 Å². The summed E-state index contributed by atoms with van der Waals surface area (Å²) in [6.07, 6.45) is 1.04. The molecule has 0 radical (unpaired) electrons. The van der Waals surface area contributed by atoms with E-state index in [1.807, 2.05) is 0 Å². The van der Waals surface area contributed by atoms with Gasteiger partial charge in [0.15, 0.2) is 6.71 Å². The first-order chi connectivity index (χ1) is 7.77. The highest BCUT2D eigenvalue weighted by atomic mass is 14.0. The average molecular weight is 208 g/mol. The van der Waals surface area contributed by atoms with Gasteiger partial charge in [-0.25, -0.2) is 0 Å². The molecule has 0 aliphatic carbocycles. The minimum atomic E-state index is 0.597. The third-order valence-corrected chi connectivity index (χ3v) is 2.91. The largest absolute Gasteiger partial charge is 0.169 e. The van der Waals surface area contributed by atoms with Crippen molar-refractivity contribution in [3.63, 3.8) is 0 Å². The van der Waals surface area contributed by atoms with Gasteiger partial charge in [-0.05, 0) is 17.5 Å². The lowest BCUT2D eigenvalue weighted by molar-refractivity contribution is 1.21. The highest BCUT2D eigenvalue weighted by molar-refractivity contribution is 6.71. The van der Waals surface area contributed by atoms with E-state index in [9.17, 15) is 0 Å². The van der Waals surface area contributed by atoms with Crippen molar-refractivity contribution in [3.8, 4) is 0 Å². The minimum Gasteiger partial charge on any atom is -0.0819 e. The summed E-state index contributed by atoms with van der Waals surface area (Å²) in [5.41, 5.74) is 4.30. The molecule has 0 aliphatic heterocycles. The molecule has 0 unspecified atom stereocenters. The molecule has 2 aromatic rings. The second kappa shape index (κ2) is 5.02. The molecule has 0 saturated heterocycles. The van der Waals surface area contributed by atoms with Crippen LogP contribution in [0.15, 0.2) is 54.6 Å². The van der Waals surface area contributed by atoms with E-state index >= 15 is 0 Å². The molecule has 0 spiro atoms. The molecule has 0 bridgehead atoms. The lowest BCUT2D eigenvalue weighted by Gasteiger charge is -2.10. The third-order valence-electron chi connectivity index (χ3n) is 2.91. The van der Waals surface area contributed by atoms with Crippen LogP contribution in [0.3, 0.4) is 0 Å². The fourth-order valence-electron chi connectivity index (χ4n) is 2.07. The summed E-state index contributed by atoms with van der Waals surface area (Å²) in [5, 5.41) is 0. The van der Waals surface area contributed by atoms with Crippen molar-refractivity contribution in [2.75, 3.05) is 0 Å². The summed E-state index contributed by atoms with van der Waals surface area (Å²) in [7, 11) is 0. The maximum absolute atomic E-state index is 2.25. The lowest BCUT2D eigenvalue weighted by Crippen LogP contribution is -2.26. The van der Waals surface area contributed by atoms with Gasteiger partial charge in [-0.15, -0.1) is 0 Å². The first-order valence-electron chi connectivity index (χ1n) is 5.89. The Labute approximate surface area is 98.4 Å². The van der Waals surface area contributed by atoms with Gasteiger partial charge in [-0.2, -0.15) is 0 Å². The molecule has 0 nitrogen and oxygen atoms in total. The lowest BCUT2D eigenvalue weighted by atomic mass is 9.48. The number of benzene rings is 2. The zero-order valence-corrected chi connectivity index (χ0v) is 9.98. The van der Waals surface area contributed by atoms with Crippen molar-refractivity contribution in [2.24, 2.45) is 0 Å². The van der Waals surface area contributed by atoms with Crippen molar-refractivity contribution >= 4 is 12.2 Å². The van der Waals surface area contributed by atoms with Gasteiger partial charge in [0.05, 0.1) is 0 Å². The number of hydrogen-bond acceptors (Lipinski definition) is 0. The van der Waals surface area contributed by atoms with E-state index in [0.29, 0.717) is 6.71 Å². The van der Waals surface area contributed by atoms with Crippen LogP contribution in [-0.4, -0.2) is 6.71 Å². The summed E-state index contributed by atoms with van der Waals surface area (Å²) in [5.74, 6) is 0. The van der Waals surface area contributed by atoms with E-state index in [1.54, 1.807) is 0 Å². The molecule has 80 valence electrons. The van der Waals surface area contributed by atoms with Gasteiger partial charge >= 0.3 is 0 Å². The van der Waals surface area contributed by atoms with Crippen LogP contribution < -0.4 is 5.46 Å². The Morgan fingerprint density at radius 3 is 2.12 bits per heavy atom. The predicted molar refractivity (Wildman–Crippen MR) is 72.8 cm³/mol. The van der Waals surface area contributed by atoms with Gasteiger partial charge in [-0.1, -0.05) is 73.7 Å². The monoisotopic (exact) mass is 208 g/mol. The third kappa shape index (κ3) is 2.54. The molecule has 0 aliphatic rings. The van der Waals surface area contributed by atoms with E-state index in [4.69, 9.17) is 0 Å². The first-order valence-corrected chi connectivity index (χ1v) is 5.89. The van der Waals surface area contributed by atoms with Gasteiger partial charge in [0.1, 0.15) is 0 Å². The minimum absolute atomic E-state index is 0.597. The van der Waals surface area contributed by atoms with Crippen molar-refractivity contribution in [3.05, 3.63) is 65.7 Å². The molecule has 2 rings (SSSR count). The maximum atomic E-state index is 2.25. The zero-order valence-electron chi connectivity index (χ0n) is 9.98. The molecule has 0 atom stereocenters. The van der Waals surface area contributed by atoms with Gasteiger partial charge in [0, 0.05) is 0 Å². The van der Waals surface area contributed by atoms with Crippen molar-refractivity contribution < 1.29 is 0 Å². The Hall–Kier alpha value is -1.50. The summed E-state index contributed by atoms with van der Waals surface area (Å²) in [6, 6.07) is 19.4. The Kier molecular flexibility index (Phi) is 3.45. The molecule has 16 heavy (non-hydrogen) atoms. The molecule has 0 heterocycles. The van der Waals surface area contributed by atoms with E-state index in [1.165, 1.54) is 16.6 Å². The molecular weight excluding hydrogens is 191 g/mol. The van der Waals surface area contributed by atoms with Crippen molar-refractivity contribution in [2.45, 2.75) is 20.1 Å². The highest BCUT2D eigenvalue weighted by Gasteiger charge is 2.08. The molecule has 0 saturated carbocycles. The second-order valence-corrected chi connectivity index (χ2v) is 4.52. The quantitative estimate of drug-likeness (QED) is 0.679. The van der Waals surface area contributed by atoms with Gasteiger partial charge in [0.2, 0.25) is 0 Å². The molecule has 0 fully saturated rings. The Morgan fingerprint density at radius 2 is 1.44 bits per heavy atom. The first kappa shape index (κ1) is 11.0. The molecule has 0 amide bonds. The topological polar surface area (TPSA) is 0 Å². The number of rotatable bonds is 3. The molecule has 0 aromatic heterocycles. The van der Waals surface area contributed by atoms with Crippen LogP contribution in [-0.2, 0) is 6.42 Å². The summed E-state index contributed by atoms with van der Waals surface area (Å²) < 4.78 is 0. The van der Waals surface area contributed by atoms with Crippen LogP contribution in [0, 0.1) is 0 Å². The van der Waals surface area contributed by atoms with Crippen molar-refractivity contribution in [1.29, 1.82) is 0 Å². The standard InChI is InChI=1S/C15H17B/c1-16(2)15-11-7-6-10-14(15)12-13-8-4-3-5-9-13/h3-11H,12H2,1-2H3. The van der Waals surface area contributed by atoms with Crippen LogP contribution in [0.1, 0.15) is 11.1 Å². The fourth-order valence-corrected chi connectivity index (χ4v) is 2.07. The predicted octanol–water partition coefficient (Wildman–Crippen LogP) is 3.24.